The lowest BCUT2D eigenvalue weighted by molar-refractivity contribution is -0.142. The fourth-order valence-electron chi connectivity index (χ4n) is 4.19. The molecule has 1 aromatic rings. The molecule has 22 heavy (non-hydrogen) atoms. The van der Waals surface area contributed by atoms with Gasteiger partial charge in [-0.15, -0.1) is 0 Å². The average molecular weight is 310 g/mol. The molecule has 0 bridgehead atoms. The summed E-state index contributed by atoms with van der Waals surface area (Å²) in [5.74, 6) is -1.21. The number of rotatable bonds is 2. The molecule has 3 nitrogen and oxygen atoms in total. The number of hydrogen-bond donors (Lipinski definition) is 0. The van der Waals surface area contributed by atoms with Crippen LogP contribution < -0.4 is 4.74 Å². The molecule has 0 radical (unpaired) electrons. The SMILES string of the molecule is COC[C@@]12CCC(=O)C(C)(C)[C@@H]1COc1c(F)ccc(F)c12. The van der Waals surface area contributed by atoms with Gasteiger partial charge in [0.1, 0.15) is 11.6 Å². The van der Waals surface area contributed by atoms with Crippen LogP contribution in [0.5, 0.6) is 5.75 Å². The first-order valence-electron chi connectivity index (χ1n) is 7.48. The fraction of sp³-hybridized carbons (Fsp3) is 0.588. The van der Waals surface area contributed by atoms with Crippen molar-refractivity contribution in [3.63, 3.8) is 0 Å². The van der Waals surface area contributed by atoms with Crippen LogP contribution >= 0.6 is 0 Å². The maximum Gasteiger partial charge on any atom is 0.165 e. The number of methoxy groups -OCH3 is 1. The molecular formula is C17H20F2O3. The molecule has 0 N–H and O–H groups in total. The molecule has 1 saturated carbocycles. The highest BCUT2D eigenvalue weighted by atomic mass is 19.1. The van der Waals surface area contributed by atoms with Crippen LogP contribution in [0.3, 0.4) is 0 Å². The highest BCUT2D eigenvalue weighted by Gasteiger charge is 2.58. The number of halogens is 2. The van der Waals surface area contributed by atoms with E-state index in [1.54, 1.807) is 7.11 Å². The predicted octanol–water partition coefficient (Wildman–Crippen LogP) is 3.25. The summed E-state index contributed by atoms with van der Waals surface area (Å²) in [7, 11) is 1.54. The smallest absolute Gasteiger partial charge is 0.165 e. The van der Waals surface area contributed by atoms with Crippen molar-refractivity contribution in [1.29, 1.82) is 0 Å². The molecule has 3 rings (SSSR count). The Morgan fingerprint density at radius 2 is 2.00 bits per heavy atom. The summed E-state index contributed by atoms with van der Waals surface area (Å²) in [6.45, 7) is 4.14. The van der Waals surface area contributed by atoms with Crippen molar-refractivity contribution < 1.29 is 23.0 Å². The van der Waals surface area contributed by atoms with Gasteiger partial charge in [-0.1, -0.05) is 13.8 Å². The summed E-state index contributed by atoms with van der Waals surface area (Å²) in [5, 5.41) is 0. The lowest BCUT2D eigenvalue weighted by Gasteiger charge is -2.53. The molecule has 0 saturated heterocycles. The van der Waals surface area contributed by atoms with Crippen molar-refractivity contribution in [3.05, 3.63) is 29.3 Å². The molecule has 0 unspecified atom stereocenters. The number of ether oxygens (including phenoxy) is 2. The van der Waals surface area contributed by atoms with Crippen molar-refractivity contribution in [2.45, 2.75) is 32.1 Å². The van der Waals surface area contributed by atoms with Crippen LogP contribution in [-0.2, 0) is 14.9 Å². The summed E-state index contributed by atoms with van der Waals surface area (Å²) in [5.41, 5.74) is -1.16. The quantitative estimate of drug-likeness (QED) is 0.841. The Hall–Kier alpha value is -1.49. The van der Waals surface area contributed by atoms with E-state index in [-0.39, 0.29) is 36.2 Å². The van der Waals surface area contributed by atoms with E-state index < -0.39 is 22.5 Å². The largest absolute Gasteiger partial charge is 0.490 e. The Morgan fingerprint density at radius 3 is 2.68 bits per heavy atom. The third-order valence-corrected chi connectivity index (χ3v) is 5.41. The third-order valence-electron chi connectivity index (χ3n) is 5.41. The van der Waals surface area contributed by atoms with Gasteiger partial charge >= 0.3 is 0 Å². The number of carbonyl (C=O) groups excluding carboxylic acids is 1. The van der Waals surface area contributed by atoms with E-state index in [0.29, 0.717) is 12.8 Å². The van der Waals surface area contributed by atoms with Gasteiger partial charge < -0.3 is 9.47 Å². The molecule has 0 amide bonds. The molecule has 5 heteroatoms. The molecule has 120 valence electrons. The van der Waals surface area contributed by atoms with E-state index in [9.17, 15) is 13.6 Å². The van der Waals surface area contributed by atoms with Crippen molar-refractivity contribution in [1.82, 2.24) is 0 Å². The second-order valence-corrected chi connectivity index (χ2v) is 6.83. The van der Waals surface area contributed by atoms with Crippen LogP contribution in [0.15, 0.2) is 12.1 Å². The minimum Gasteiger partial charge on any atom is -0.490 e. The average Bonchev–Trinajstić information content (AvgIpc) is 2.47. The van der Waals surface area contributed by atoms with Crippen LogP contribution in [-0.4, -0.2) is 26.1 Å². The molecule has 1 aliphatic carbocycles. The summed E-state index contributed by atoms with van der Waals surface area (Å²) < 4.78 is 39.5. The van der Waals surface area contributed by atoms with Gasteiger partial charge in [-0.25, -0.2) is 8.78 Å². The van der Waals surface area contributed by atoms with Crippen LogP contribution in [0.2, 0.25) is 0 Å². The van der Waals surface area contributed by atoms with Gasteiger partial charge in [-0.05, 0) is 18.6 Å². The molecule has 1 aromatic carbocycles. The topological polar surface area (TPSA) is 35.5 Å². The highest BCUT2D eigenvalue weighted by Crippen LogP contribution is 2.56. The van der Waals surface area contributed by atoms with Crippen molar-refractivity contribution >= 4 is 5.78 Å². The fourth-order valence-corrected chi connectivity index (χ4v) is 4.19. The first-order chi connectivity index (χ1) is 10.3. The monoisotopic (exact) mass is 310 g/mol. The number of carbonyl (C=O) groups is 1. The minimum atomic E-state index is -0.730. The van der Waals surface area contributed by atoms with E-state index in [2.05, 4.69) is 0 Å². The van der Waals surface area contributed by atoms with E-state index in [0.717, 1.165) is 12.1 Å². The van der Waals surface area contributed by atoms with Gasteiger partial charge in [-0.2, -0.15) is 0 Å². The van der Waals surface area contributed by atoms with Crippen molar-refractivity contribution in [2.24, 2.45) is 11.3 Å². The summed E-state index contributed by atoms with van der Waals surface area (Å²) >= 11 is 0. The van der Waals surface area contributed by atoms with Crippen LogP contribution in [0.1, 0.15) is 32.3 Å². The first kappa shape index (κ1) is 15.4. The zero-order chi connectivity index (χ0) is 16.1. The number of ketones is 1. The standard InChI is InChI=1S/C17H20F2O3/c1-16(2)12-8-22-15-11(19)5-4-10(18)14(15)17(12,9-21-3)7-6-13(16)20/h4-5,12H,6-9H2,1-3H3/t12-,17-/m0/s1. The Bertz CT molecular complexity index is 627. The van der Waals surface area contributed by atoms with Crippen molar-refractivity contribution in [2.75, 3.05) is 20.3 Å². The molecule has 2 aliphatic rings. The summed E-state index contributed by atoms with van der Waals surface area (Å²) in [4.78, 5) is 12.3. The molecule has 2 atom stereocenters. The van der Waals surface area contributed by atoms with E-state index in [1.165, 1.54) is 0 Å². The summed E-state index contributed by atoms with van der Waals surface area (Å²) in [6, 6.07) is 2.20. The zero-order valence-corrected chi connectivity index (χ0v) is 13.0. The van der Waals surface area contributed by atoms with Gasteiger partial charge in [0.15, 0.2) is 11.6 Å². The van der Waals surface area contributed by atoms with E-state index >= 15 is 0 Å². The second-order valence-electron chi connectivity index (χ2n) is 6.83. The summed E-state index contributed by atoms with van der Waals surface area (Å²) in [6.07, 6.45) is 0.784. The normalized spacial score (nSPS) is 29.5. The maximum atomic E-state index is 14.6. The number of hydrogen-bond acceptors (Lipinski definition) is 3. The minimum absolute atomic E-state index is 0.0292. The van der Waals surface area contributed by atoms with Gasteiger partial charge in [0.05, 0.1) is 13.2 Å². The van der Waals surface area contributed by atoms with Gasteiger partial charge in [0, 0.05) is 35.8 Å². The van der Waals surface area contributed by atoms with Crippen LogP contribution in [0, 0.1) is 23.0 Å². The van der Waals surface area contributed by atoms with Crippen molar-refractivity contribution in [3.8, 4) is 5.75 Å². The van der Waals surface area contributed by atoms with E-state index in [1.807, 2.05) is 13.8 Å². The molecule has 1 fully saturated rings. The molecule has 1 heterocycles. The molecule has 0 aromatic heterocycles. The zero-order valence-electron chi connectivity index (χ0n) is 13.0. The van der Waals surface area contributed by atoms with Gasteiger partial charge in [0.25, 0.3) is 0 Å². The Balaban J connectivity index is 2.25. The second kappa shape index (κ2) is 5.01. The number of Topliss-reactive ketones (excluding diaryl/α,β-unsaturated/α-hetero) is 1. The van der Waals surface area contributed by atoms with Gasteiger partial charge in [0.2, 0.25) is 0 Å². The number of fused-ring (bicyclic) bond motifs is 3. The first-order valence-corrected chi connectivity index (χ1v) is 7.48. The lowest BCUT2D eigenvalue weighted by Crippen LogP contribution is -2.58. The van der Waals surface area contributed by atoms with E-state index in [4.69, 9.17) is 9.47 Å². The Labute approximate surface area is 128 Å². The van der Waals surface area contributed by atoms with Gasteiger partial charge in [-0.3, -0.25) is 4.79 Å². The highest BCUT2D eigenvalue weighted by molar-refractivity contribution is 5.86. The Morgan fingerprint density at radius 1 is 1.32 bits per heavy atom. The molecular weight excluding hydrogens is 290 g/mol. The van der Waals surface area contributed by atoms with Crippen LogP contribution in [0.25, 0.3) is 0 Å². The van der Waals surface area contributed by atoms with Crippen LogP contribution in [0.4, 0.5) is 8.78 Å². The number of benzene rings is 1. The molecule has 1 aliphatic heterocycles. The maximum absolute atomic E-state index is 14.6. The Kier molecular flexibility index (Phi) is 3.51. The molecule has 0 spiro atoms. The predicted molar refractivity (Wildman–Crippen MR) is 76.9 cm³/mol. The third kappa shape index (κ3) is 1.91. The lowest BCUT2D eigenvalue weighted by atomic mass is 9.52.